The first-order valence-electron chi connectivity index (χ1n) is 6.56. The van der Waals surface area contributed by atoms with Crippen LogP contribution in [-0.4, -0.2) is 25.0 Å². The summed E-state index contributed by atoms with van der Waals surface area (Å²) in [7, 11) is 0. The lowest BCUT2D eigenvalue weighted by Gasteiger charge is -2.19. The van der Waals surface area contributed by atoms with Gasteiger partial charge in [0.05, 0.1) is 0 Å². The molecule has 0 N–H and O–H groups in total. The highest BCUT2D eigenvalue weighted by Crippen LogP contribution is 2.18. The summed E-state index contributed by atoms with van der Waals surface area (Å²) in [6.07, 6.45) is 2.11. The maximum atomic E-state index is 11.9. The lowest BCUT2D eigenvalue weighted by atomic mass is 10.1. The van der Waals surface area contributed by atoms with E-state index in [1.54, 1.807) is 24.3 Å². The number of hydrogen-bond acceptors (Lipinski definition) is 4. The molecule has 4 heteroatoms. The average Bonchev–Trinajstić information content (AvgIpc) is 2.43. The van der Waals surface area contributed by atoms with E-state index in [1.165, 1.54) is 6.08 Å². The molecule has 4 nitrogen and oxygen atoms in total. The molecule has 0 spiro atoms. The Labute approximate surface area is 119 Å². The maximum absolute atomic E-state index is 11.9. The van der Waals surface area contributed by atoms with Crippen LogP contribution in [0.4, 0.5) is 0 Å². The molecular formula is C16H20O4. The molecule has 0 fully saturated rings. The minimum atomic E-state index is -0.683. The number of benzene rings is 1. The molecular weight excluding hydrogens is 256 g/mol. The molecule has 0 unspecified atom stereocenters. The smallest absolute Gasteiger partial charge is 0.347 e. The van der Waals surface area contributed by atoms with Crippen molar-refractivity contribution in [2.24, 2.45) is 5.92 Å². The first kappa shape index (κ1) is 16.0. The van der Waals surface area contributed by atoms with Crippen LogP contribution in [0.3, 0.4) is 0 Å². The van der Waals surface area contributed by atoms with Crippen LogP contribution < -0.4 is 4.74 Å². The molecule has 1 aromatic rings. The molecule has 0 saturated carbocycles. The third-order valence-electron chi connectivity index (χ3n) is 2.56. The van der Waals surface area contributed by atoms with Crippen LogP contribution >= 0.6 is 0 Å². The Morgan fingerprint density at radius 3 is 2.75 bits per heavy atom. The largest absolute Gasteiger partial charge is 0.479 e. The van der Waals surface area contributed by atoms with Crippen LogP contribution in [-0.2, 0) is 9.53 Å². The van der Waals surface area contributed by atoms with Crippen LogP contribution in [0.2, 0.25) is 0 Å². The number of hydrogen-bond donors (Lipinski definition) is 0. The predicted molar refractivity (Wildman–Crippen MR) is 76.9 cm³/mol. The first-order chi connectivity index (χ1) is 9.56. The van der Waals surface area contributed by atoms with Gasteiger partial charge in [-0.05, 0) is 24.5 Å². The third kappa shape index (κ3) is 5.26. The third-order valence-corrected chi connectivity index (χ3v) is 2.56. The number of carbonyl (C=O) groups is 2. The molecule has 1 aromatic carbocycles. The van der Waals surface area contributed by atoms with E-state index in [9.17, 15) is 9.59 Å². The van der Waals surface area contributed by atoms with Gasteiger partial charge in [-0.15, -0.1) is 0 Å². The topological polar surface area (TPSA) is 52.6 Å². The fourth-order valence-corrected chi connectivity index (χ4v) is 1.68. The maximum Gasteiger partial charge on any atom is 0.347 e. The highest BCUT2D eigenvalue weighted by molar-refractivity contribution is 5.76. The predicted octanol–water partition coefficient (Wildman–Crippen LogP) is 3.02. The van der Waals surface area contributed by atoms with Crippen molar-refractivity contribution in [3.8, 4) is 5.75 Å². The van der Waals surface area contributed by atoms with E-state index in [1.807, 2.05) is 13.8 Å². The monoisotopic (exact) mass is 276 g/mol. The SMILES string of the molecule is C=CCOC(=O)[C@H](CC(C)C)Oc1cccc(C=O)c1. The normalized spacial score (nSPS) is 11.8. The van der Waals surface area contributed by atoms with Crippen molar-refractivity contribution in [3.05, 3.63) is 42.5 Å². The molecule has 0 amide bonds. The highest BCUT2D eigenvalue weighted by atomic mass is 16.6. The Kier molecular flexibility index (Phi) is 6.50. The van der Waals surface area contributed by atoms with E-state index in [4.69, 9.17) is 9.47 Å². The van der Waals surface area contributed by atoms with Crippen molar-refractivity contribution < 1.29 is 19.1 Å². The van der Waals surface area contributed by atoms with Crippen LogP contribution in [0, 0.1) is 5.92 Å². The summed E-state index contributed by atoms with van der Waals surface area (Å²) in [6.45, 7) is 7.66. The molecule has 1 rings (SSSR count). The van der Waals surface area contributed by atoms with Gasteiger partial charge in [0.1, 0.15) is 18.6 Å². The van der Waals surface area contributed by atoms with Crippen molar-refractivity contribution in [1.82, 2.24) is 0 Å². The summed E-state index contributed by atoms with van der Waals surface area (Å²) < 4.78 is 10.7. The van der Waals surface area contributed by atoms with Gasteiger partial charge >= 0.3 is 5.97 Å². The summed E-state index contributed by atoms with van der Waals surface area (Å²) in [5, 5.41) is 0. The second kappa shape index (κ2) is 8.15. The number of esters is 1. The Hall–Kier alpha value is -2.10. The van der Waals surface area contributed by atoms with E-state index in [2.05, 4.69) is 6.58 Å². The second-order valence-corrected chi connectivity index (χ2v) is 4.85. The fourth-order valence-electron chi connectivity index (χ4n) is 1.68. The zero-order valence-electron chi connectivity index (χ0n) is 11.9. The number of carbonyl (C=O) groups excluding carboxylic acids is 2. The van der Waals surface area contributed by atoms with Gasteiger partial charge in [-0.25, -0.2) is 4.79 Å². The summed E-state index contributed by atoms with van der Waals surface area (Å²) in [5.41, 5.74) is 0.505. The van der Waals surface area contributed by atoms with Gasteiger partial charge < -0.3 is 9.47 Å². The average molecular weight is 276 g/mol. The zero-order valence-corrected chi connectivity index (χ0v) is 11.9. The standard InChI is InChI=1S/C16H20O4/c1-4-8-19-16(18)15(9-12(2)3)20-14-7-5-6-13(10-14)11-17/h4-7,10-12,15H,1,8-9H2,2-3H3/t15-/m0/s1. The van der Waals surface area contributed by atoms with Crippen molar-refractivity contribution in [2.45, 2.75) is 26.4 Å². The first-order valence-corrected chi connectivity index (χ1v) is 6.56. The van der Waals surface area contributed by atoms with Crippen LogP contribution in [0.25, 0.3) is 0 Å². The molecule has 108 valence electrons. The second-order valence-electron chi connectivity index (χ2n) is 4.85. The lowest BCUT2D eigenvalue weighted by molar-refractivity contribution is -0.151. The molecule has 0 radical (unpaired) electrons. The van der Waals surface area contributed by atoms with Gasteiger partial charge in [-0.1, -0.05) is 38.6 Å². The lowest BCUT2D eigenvalue weighted by Crippen LogP contribution is -2.31. The number of rotatable bonds is 8. The molecule has 0 bridgehead atoms. The van der Waals surface area contributed by atoms with E-state index in [0.717, 1.165) is 6.29 Å². The van der Waals surface area contributed by atoms with E-state index >= 15 is 0 Å². The Morgan fingerprint density at radius 2 is 2.15 bits per heavy atom. The van der Waals surface area contributed by atoms with E-state index in [0.29, 0.717) is 17.7 Å². The zero-order chi connectivity index (χ0) is 15.0. The highest BCUT2D eigenvalue weighted by Gasteiger charge is 2.23. The number of aldehydes is 1. The van der Waals surface area contributed by atoms with Crippen molar-refractivity contribution in [2.75, 3.05) is 6.61 Å². The fraction of sp³-hybridized carbons (Fsp3) is 0.375. The van der Waals surface area contributed by atoms with Gasteiger partial charge in [0, 0.05) is 5.56 Å². The molecule has 20 heavy (non-hydrogen) atoms. The molecule has 0 aromatic heterocycles. The Morgan fingerprint density at radius 1 is 1.40 bits per heavy atom. The Bertz CT molecular complexity index is 465. The van der Waals surface area contributed by atoms with Crippen LogP contribution in [0.1, 0.15) is 30.6 Å². The van der Waals surface area contributed by atoms with Crippen LogP contribution in [0.5, 0.6) is 5.75 Å². The van der Waals surface area contributed by atoms with Crippen LogP contribution in [0.15, 0.2) is 36.9 Å². The summed E-state index contributed by atoms with van der Waals surface area (Å²) in [6, 6.07) is 6.69. The summed E-state index contributed by atoms with van der Waals surface area (Å²) >= 11 is 0. The van der Waals surface area contributed by atoms with Crippen molar-refractivity contribution in [1.29, 1.82) is 0 Å². The molecule has 0 aliphatic rings. The molecule has 0 heterocycles. The summed E-state index contributed by atoms with van der Waals surface area (Å²) in [5.74, 6) is 0.344. The number of ether oxygens (including phenoxy) is 2. The molecule has 0 aliphatic carbocycles. The van der Waals surface area contributed by atoms with Gasteiger partial charge in [-0.3, -0.25) is 4.79 Å². The Balaban J connectivity index is 2.79. The van der Waals surface area contributed by atoms with Crippen molar-refractivity contribution in [3.63, 3.8) is 0 Å². The molecule has 0 saturated heterocycles. The minimum absolute atomic E-state index is 0.158. The quantitative estimate of drug-likeness (QED) is 0.416. The molecule has 0 aliphatic heterocycles. The van der Waals surface area contributed by atoms with Gasteiger partial charge in [0.25, 0.3) is 0 Å². The summed E-state index contributed by atoms with van der Waals surface area (Å²) in [4.78, 5) is 22.7. The van der Waals surface area contributed by atoms with E-state index in [-0.39, 0.29) is 12.5 Å². The van der Waals surface area contributed by atoms with Gasteiger partial charge in [0.2, 0.25) is 0 Å². The molecule has 1 atom stereocenters. The van der Waals surface area contributed by atoms with E-state index < -0.39 is 12.1 Å². The van der Waals surface area contributed by atoms with Gasteiger partial charge in [-0.2, -0.15) is 0 Å². The van der Waals surface area contributed by atoms with Crippen molar-refractivity contribution >= 4 is 12.3 Å². The van der Waals surface area contributed by atoms with Gasteiger partial charge in [0.15, 0.2) is 6.10 Å². The minimum Gasteiger partial charge on any atom is -0.479 e.